The van der Waals surface area contributed by atoms with E-state index in [4.69, 9.17) is 4.74 Å². The molecule has 0 radical (unpaired) electrons. The number of anilines is 1. The summed E-state index contributed by atoms with van der Waals surface area (Å²) in [6.07, 6.45) is 0. The Morgan fingerprint density at radius 3 is 2.79 bits per heavy atom. The normalized spacial score (nSPS) is 10.5. The Labute approximate surface area is 137 Å². The maximum Gasteiger partial charge on any atom is 0.259 e. The van der Waals surface area contributed by atoms with Gasteiger partial charge in [-0.1, -0.05) is 12.1 Å². The second-order valence-electron chi connectivity index (χ2n) is 5.01. The summed E-state index contributed by atoms with van der Waals surface area (Å²) >= 11 is 0. The molecule has 7 nitrogen and oxygen atoms in total. The van der Waals surface area contributed by atoms with E-state index in [1.807, 2.05) is 6.07 Å². The Morgan fingerprint density at radius 2 is 2.08 bits per heavy atom. The number of carbonyl (C=O) groups excluding carboxylic acids is 1. The van der Waals surface area contributed by atoms with E-state index in [1.54, 1.807) is 25.2 Å². The summed E-state index contributed by atoms with van der Waals surface area (Å²) in [7, 11) is 3.14. The quantitative estimate of drug-likeness (QED) is 0.795. The van der Waals surface area contributed by atoms with Gasteiger partial charge in [-0.25, -0.2) is 9.07 Å². The zero-order valence-electron chi connectivity index (χ0n) is 13.0. The fourth-order valence-electron chi connectivity index (χ4n) is 2.27. The molecule has 0 saturated heterocycles. The van der Waals surface area contributed by atoms with E-state index in [2.05, 4.69) is 20.8 Å². The number of amides is 1. The Hall–Kier alpha value is -3.29. The van der Waals surface area contributed by atoms with Crippen LogP contribution in [0.25, 0.3) is 11.4 Å². The molecule has 0 spiro atoms. The molecule has 0 unspecified atom stereocenters. The van der Waals surface area contributed by atoms with Crippen molar-refractivity contribution >= 4 is 11.6 Å². The van der Waals surface area contributed by atoms with Crippen LogP contribution in [0.1, 0.15) is 10.4 Å². The van der Waals surface area contributed by atoms with Crippen molar-refractivity contribution < 1.29 is 13.9 Å². The van der Waals surface area contributed by atoms with E-state index in [9.17, 15) is 9.18 Å². The average molecular weight is 327 g/mol. The predicted octanol–water partition coefficient (Wildman–Crippen LogP) is 2.28. The maximum absolute atomic E-state index is 13.4. The molecule has 1 N–H and O–H groups in total. The molecular formula is C16H14FN5O2. The lowest BCUT2D eigenvalue weighted by Gasteiger charge is -2.10. The van der Waals surface area contributed by atoms with Gasteiger partial charge in [0.1, 0.15) is 11.6 Å². The van der Waals surface area contributed by atoms with Crippen LogP contribution in [0.4, 0.5) is 10.1 Å². The third-order valence-electron chi connectivity index (χ3n) is 3.40. The number of rotatable bonds is 4. The first-order valence-electron chi connectivity index (χ1n) is 7.06. The highest BCUT2D eigenvalue weighted by molar-refractivity contribution is 6.06. The van der Waals surface area contributed by atoms with Gasteiger partial charge in [0.15, 0.2) is 5.82 Å². The number of aryl methyl sites for hydroxylation is 1. The van der Waals surface area contributed by atoms with E-state index in [0.717, 1.165) is 11.6 Å². The van der Waals surface area contributed by atoms with E-state index in [1.165, 1.54) is 23.9 Å². The van der Waals surface area contributed by atoms with Crippen LogP contribution in [0.5, 0.6) is 5.75 Å². The predicted molar refractivity (Wildman–Crippen MR) is 85.1 cm³/mol. The van der Waals surface area contributed by atoms with Gasteiger partial charge < -0.3 is 10.1 Å². The van der Waals surface area contributed by atoms with Gasteiger partial charge in [-0.15, -0.1) is 5.10 Å². The smallest absolute Gasteiger partial charge is 0.259 e. The summed E-state index contributed by atoms with van der Waals surface area (Å²) < 4.78 is 20.0. The molecule has 122 valence electrons. The van der Waals surface area contributed by atoms with Gasteiger partial charge in [-0.3, -0.25) is 4.79 Å². The van der Waals surface area contributed by atoms with Gasteiger partial charge in [-0.2, -0.15) is 0 Å². The first-order valence-corrected chi connectivity index (χ1v) is 7.06. The number of halogens is 1. The zero-order valence-corrected chi connectivity index (χ0v) is 13.0. The SMILES string of the molecule is COc1ccc(F)cc1C(=O)Nc1cccc(-c2nnnn2C)c1. The Kier molecular flexibility index (Phi) is 4.19. The number of carbonyl (C=O) groups is 1. The van der Waals surface area contributed by atoms with Crippen molar-refractivity contribution in [1.82, 2.24) is 20.2 Å². The Bertz CT molecular complexity index is 894. The van der Waals surface area contributed by atoms with Gasteiger partial charge in [0, 0.05) is 18.3 Å². The molecule has 0 saturated carbocycles. The second kappa shape index (κ2) is 6.45. The van der Waals surface area contributed by atoms with Crippen LogP contribution in [0, 0.1) is 5.82 Å². The van der Waals surface area contributed by atoms with Crippen molar-refractivity contribution in [3.8, 4) is 17.1 Å². The van der Waals surface area contributed by atoms with Crippen LogP contribution in [0.3, 0.4) is 0 Å². The lowest BCUT2D eigenvalue weighted by atomic mass is 10.1. The van der Waals surface area contributed by atoms with E-state index < -0.39 is 11.7 Å². The highest BCUT2D eigenvalue weighted by Crippen LogP contribution is 2.23. The molecule has 0 aliphatic carbocycles. The van der Waals surface area contributed by atoms with Crippen molar-refractivity contribution in [1.29, 1.82) is 0 Å². The number of aromatic nitrogens is 4. The van der Waals surface area contributed by atoms with E-state index in [-0.39, 0.29) is 5.56 Å². The Morgan fingerprint density at radius 1 is 1.25 bits per heavy atom. The van der Waals surface area contributed by atoms with Crippen LogP contribution < -0.4 is 10.1 Å². The maximum atomic E-state index is 13.4. The standard InChI is InChI=1S/C16H14FN5O2/c1-22-15(19-20-21-22)10-4-3-5-12(8-10)18-16(23)13-9-11(17)6-7-14(13)24-2/h3-9H,1-2H3,(H,18,23). The number of hydrogen-bond acceptors (Lipinski definition) is 5. The summed E-state index contributed by atoms with van der Waals surface area (Å²) in [5.41, 5.74) is 1.39. The fourth-order valence-corrected chi connectivity index (χ4v) is 2.27. The summed E-state index contributed by atoms with van der Waals surface area (Å²) in [4.78, 5) is 12.4. The largest absolute Gasteiger partial charge is 0.496 e. The number of ether oxygens (including phenoxy) is 1. The number of benzene rings is 2. The zero-order chi connectivity index (χ0) is 17.1. The molecule has 3 aromatic rings. The Balaban J connectivity index is 1.88. The number of nitrogens with zero attached hydrogens (tertiary/aromatic N) is 4. The first kappa shape index (κ1) is 15.6. The number of methoxy groups -OCH3 is 1. The van der Waals surface area contributed by atoms with Crippen molar-refractivity contribution in [2.75, 3.05) is 12.4 Å². The topological polar surface area (TPSA) is 81.9 Å². The molecule has 0 aliphatic heterocycles. The van der Waals surface area contributed by atoms with Crippen LogP contribution >= 0.6 is 0 Å². The number of hydrogen-bond donors (Lipinski definition) is 1. The highest BCUT2D eigenvalue weighted by atomic mass is 19.1. The van der Waals surface area contributed by atoms with E-state index in [0.29, 0.717) is 17.3 Å². The van der Waals surface area contributed by atoms with Crippen LogP contribution in [0.2, 0.25) is 0 Å². The average Bonchev–Trinajstić information content (AvgIpc) is 3.01. The van der Waals surface area contributed by atoms with Gasteiger partial charge >= 0.3 is 0 Å². The monoisotopic (exact) mass is 327 g/mol. The van der Waals surface area contributed by atoms with Crippen molar-refractivity contribution in [2.45, 2.75) is 0 Å². The van der Waals surface area contributed by atoms with Gasteiger partial charge in [0.2, 0.25) is 0 Å². The van der Waals surface area contributed by atoms with E-state index >= 15 is 0 Å². The third kappa shape index (κ3) is 3.07. The minimum atomic E-state index is -0.514. The minimum absolute atomic E-state index is 0.114. The molecule has 8 heteroatoms. The second-order valence-corrected chi connectivity index (χ2v) is 5.01. The molecule has 0 atom stereocenters. The third-order valence-corrected chi connectivity index (χ3v) is 3.40. The lowest BCUT2D eigenvalue weighted by molar-refractivity contribution is 0.102. The molecule has 3 rings (SSSR count). The van der Waals surface area contributed by atoms with Crippen LogP contribution in [-0.2, 0) is 7.05 Å². The van der Waals surface area contributed by atoms with Gasteiger partial charge in [-0.05, 0) is 40.8 Å². The molecule has 1 aromatic heterocycles. The molecule has 1 heterocycles. The first-order chi connectivity index (χ1) is 11.6. The number of tetrazole rings is 1. The summed E-state index contributed by atoms with van der Waals surface area (Å²) in [6, 6.07) is 10.8. The van der Waals surface area contributed by atoms with Gasteiger partial charge in [0.25, 0.3) is 5.91 Å². The summed E-state index contributed by atoms with van der Waals surface area (Å²) in [6.45, 7) is 0. The fraction of sp³-hybridized carbons (Fsp3) is 0.125. The minimum Gasteiger partial charge on any atom is -0.496 e. The van der Waals surface area contributed by atoms with Crippen molar-refractivity contribution in [3.63, 3.8) is 0 Å². The lowest BCUT2D eigenvalue weighted by Crippen LogP contribution is -2.13. The molecule has 0 aliphatic rings. The van der Waals surface area contributed by atoms with Crippen molar-refractivity contribution in [2.24, 2.45) is 7.05 Å². The number of nitrogens with one attached hydrogen (secondary N) is 1. The molecule has 0 fully saturated rings. The highest BCUT2D eigenvalue weighted by Gasteiger charge is 2.14. The molecule has 2 aromatic carbocycles. The molecular weight excluding hydrogens is 313 g/mol. The van der Waals surface area contributed by atoms with Crippen LogP contribution in [0.15, 0.2) is 42.5 Å². The summed E-state index contributed by atoms with van der Waals surface area (Å²) in [5.74, 6) is -0.128. The molecule has 1 amide bonds. The van der Waals surface area contributed by atoms with Gasteiger partial charge in [0.05, 0.1) is 12.7 Å². The molecule has 0 bridgehead atoms. The molecule has 24 heavy (non-hydrogen) atoms. The summed E-state index contributed by atoms with van der Waals surface area (Å²) in [5, 5.41) is 14.0. The van der Waals surface area contributed by atoms with Crippen molar-refractivity contribution in [3.05, 3.63) is 53.8 Å². The van der Waals surface area contributed by atoms with Crippen LogP contribution in [-0.4, -0.2) is 33.2 Å².